The smallest absolute Gasteiger partial charge is 0.150 e. The van der Waals surface area contributed by atoms with Crippen LogP contribution in [0.3, 0.4) is 0 Å². The van der Waals surface area contributed by atoms with Gasteiger partial charge in [-0.05, 0) is 45.4 Å². The van der Waals surface area contributed by atoms with Gasteiger partial charge in [0.1, 0.15) is 11.9 Å². The van der Waals surface area contributed by atoms with Crippen molar-refractivity contribution in [3.05, 3.63) is 35.8 Å². The summed E-state index contributed by atoms with van der Waals surface area (Å²) in [5.41, 5.74) is 2.66. The summed E-state index contributed by atoms with van der Waals surface area (Å²) in [4.78, 5) is 18.0. The van der Waals surface area contributed by atoms with E-state index in [1.807, 2.05) is 22.7 Å². The molecule has 0 radical (unpaired) electrons. The molecule has 0 bridgehead atoms. The molecule has 1 atom stereocenters. The number of carbonyl (C=O) groups excluding carboxylic acids is 1. The predicted molar refractivity (Wildman–Crippen MR) is 79.1 cm³/mol. The van der Waals surface area contributed by atoms with Crippen LogP contribution in [-0.2, 0) is 6.42 Å². The van der Waals surface area contributed by atoms with Crippen molar-refractivity contribution in [1.29, 1.82) is 0 Å². The van der Waals surface area contributed by atoms with Crippen molar-refractivity contribution < 1.29 is 4.79 Å². The van der Waals surface area contributed by atoms with E-state index in [1.54, 1.807) is 0 Å². The van der Waals surface area contributed by atoms with Gasteiger partial charge in [-0.25, -0.2) is 4.98 Å². The SMILES string of the molecule is CC(C)N1CCCC1Cc1cn2ccc(C=O)cc2n1. The number of nitrogens with zero attached hydrogens (tertiary/aromatic N) is 3. The summed E-state index contributed by atoms with van der Waals surface area (Å²) in [6.45, 7) is 5.72. The number of hydrogen-bond acceptors (Lipinski definition) is 3. The molecule has 2 aromatic rings. The summed E-state index contributed by atoms with van der Waals surface area (Å²) in [7, 11) is 0. The van der Waals surface area contributed by atoms with Gasteiger partial charge in [-0.2, -0.15) is 0 Å². The molecule has 3 rings (SSSR count). The van der Waals surface area contributed by atoms with Crippen LogP contribution in [-0.4, -0.2) is 39.2 Å². The van der Waals surface area contributed by atoms with Gasteiger partial charge in [-0.15, -0.1) is 0 Å². The molecule has 0 spiro atoms. The van der Waals surface area contributed by atoms with Crippen LogP contribution in [0.5, 0.6) is 0 Å². The van der Waals surface area contributed by atoms with E-state index in [1.165, 1.54) is 19.4 Å². The van der Waals surface area contributed by atoms with E-state index in [0.717, 1.165) is 24.0 Å². The number of aldehydes is 1. The Kier molecular flexibility index (Phi) is 3.57. The Labute approximate surface area is 119 Å². The zero-order chi connectivity index (χ0) is 14.1. The fourth-order valence-corrected chi connectivity index (χ4v) is 3.22. The Bertz CT molecular complexity index is 617. The Morgan fingerprint density at radius 1 is 1.50 bits per heavy atom. The molecule has 0 amide bonds. The van der Waals surface area contributed by atoms with Crippen molar-refractivity contribution in [2.45, 2.75) is 45.2 Å². The third-order valence-corrected chi connectivity index (χ3v) is 4.20. The van der Waals surface area contributed by atoms with Crippen molar-refractivity contribution in [3.63, 3.8) is 0 Å². The van der Waals surface area contributed by atoms with Gasteiger partial charge < -0.3 is 4.40 Å². The lowest BCUT2D eigenvalue weighted by atomic mass is 10.1. The molecule has 1 saturated heterocycles. The van der Waals surface area contributed by atoms with Crippen molar-refractivity contribution in [3.8, 4) is 0 Å². The second kappa shape index (κ2) is 5.37. The molecular weight excluding hydrogens is 250 g/mol. The summed E-state index contributed by atoms with van der Waals surface area (Å²) in [5.74, 6) is 0. The fraction of sp³-hybridized carbons (Fsp3) is 0.500. The number of carbonyl (C=O) groups is 1. The average molecular weight is 271 g/mol. The maximum absolute atomic E-state index is 10.8. The first-order valence-electron chi connectivity index (χ1n) is 7.36. The van der Waals surface area contributed by atoms with E-state index in [-0.39, 0.29) is 0 Å². The largest absolute Gasteiger partial charge is 0.307 e. The molecule has 1 unspecified atom stereocenters. The second-order valence-electron chi connectivity index (χ2n) is 5.91. The van der Waals surface area contributed by atoms with Gasteiger partial charge in [-0.3, -0.25) is 9.69 Å². The van der Waals surface area contributed by atoms with E-state index in [0.29, 0.717) is 17.6 Å². The summed E-state index contributed by atoms with van der Waals surface area (Å²) in [6.07, 6.45) is 8.39. The lowest BCUT2D eigenvalue weighted by Gasteiger charge is -2.27. The Balaban J connectivity index is 1.82. The molecule has 20 heavy (non-hydrogen) atoms. The van der Waals surface area contributed by atoms with Crippen molar-refractivity contribution in [2.75, 3.05) is 6.54 Å². The Hall–Kier alpha value is -1.68. The van der Waals surface area contributed by atoms with Crippen molar-refractivity contribution in [1.82, 2.24) is 14.3 Å². The Morgan fingerprint density at radius 3 is 3.10 bits per heavy atom. The van der Waals surface area contributed by atoms with Gasteiger partial charge in [0.05, 0.1) is 5.69 Å². The van der Waals surface area contributed by atoms with Crippen LogP contribution < -0.4 is 0 Å². The lowest BCUT2D eigenvalue weighted by molar-refractivity contribution is 0.112. The highest BCUT2D eigenvalue weighted by Gasteiger charge is 2.27. The molecule has 4 heteroatoms. The van der Waals surface area contributed by atoms with Gasteiger partial charge in [0.25, 0.3) is 0 Å². The van der Waals surface area contributed by atoms with Crippen molar-refractivity contribution in [2.24, 2.45) is 0 Å². The van der Waals surface area contributed by atoms with Crippen molar-refractivity contribution >= 4 is 11.9 Å². The van der Waals surface area contributed by atoms with Crippen LogP contribution in [0.15, 0.2) is 24.5 Å². The quantitative estimate of drug-likeness (QED) is 0.802. The number of fused-ring (bicyclic) bond motifs is 1. The lowest BCUT2D eigenvalue weighted by Crippen LogP contribution is -2.36. The minimum Gasteiger partial charge on any atom is -0.307 e. The van der Waals surface area contributed by atoms with E-state index in [4.69, 9.17) is 0 Å². The van der Waals surface area contributed by atoms with Crippen LogP contribution in [0.25, 0.3) is 5.65 Å². The summed E-state index contributed by atoms with van der Waals surface area (Å²) < 4.78 is 2.00. The molecule has 0 aromatic carbocycles. The summed E-state index contributed by atoms with van der Waals surface area (Å²) >= 11 is 0. The third-order valence-electron chi connectivity index (χ3n) is 4.20. The standard InChI is InChI=1S/C16H21N3O/c1-12(2)19-6-3-4-15(19)9-14-10-18-7-5-13(11-20)8-16(18)17-14/h5,7-8,10-12,15H,3-4,6,9H2,1-2H3. The number of pyridine rings is 1. The maximum Gasteiger partial charge on any atom is 0.150 e. The third kappa shape index (κ3) is 2.48. The average Bonchev–Trinajstić information content (AvgIpc) is 3.03. The molecule has 2 aromatic heterocycles. The molecule has 1 aliphatic heterocycles. The first-order valence-corrected chi connectivity index (χ1v) is 7.36. The molecule has 1 fully saturated rings. The highest BCUT2D eigenvalue weighted by molar-refractivity contribution is 5.76. The number of rotatable bonds is 4. The zero-order valence-electron chi connectivity index (χ0n) is 12.1. The monoisotopic (exact) mass is 271 g/mol. The van der Waals surface area contributed by atoms with E-state index >= 15 is 0 Å². The van der Waals surface area contributed by atoms with Gasteiger partial charge in [0.15, 0.2) is 0 Å². The molecule has 1 aliphatic rings. The maximum atomic E-state index is 10.8. The van der Waals surface area contributed by atoms with Crippen LogP contribution in [0.4, 0.5) is 0 Å². The van der Waals surface area contributed by atoms with E-state index in [9.17, 15) is 4.79 Å². The first kappa shape index (κ1) is 13.3. The topological polar surface area (TPSA) is 37.6 Å². The van der Waals surface area contributed by atoms with Crippen LogP contribution in [0.2, 0.25) is 0 Å². The molecule has 3 heterocycles. The van der Waals surface area contributed by atoms with Gasteiger partial charge in [0, 0.05) is 36.5 Å². The predicted octanol–water partition coefficient (Wildman–Crippen LogP) is 2.56. The molecule has 0 aliphatic carbocycles. The van der Waals surface area contributed by atoms with Crippen LogP contribution in [0, 0.1) is 0 Å². The normalized spacial score (nSPS) is 20.1. The van der Waals surface area contributed by atoms with Crippen LogP contribution >= 0.6 is 0 Å². The molecule has 106 valence electrons. The number of aromatic nitrogens is 2. The second-order valence-corrected chi connectivity index (χ2v) is 5.91. The van der Waals surface area contributed by atoms with E-state index in [2.05, 4.69) is 29.9 Å². The molecular formula is C16H21N3O. The minimum atomic E-state index is 0.598. The van der Waals surface area contributed by atoms with Gasteiger partial charge in [-0.1, -0.05) is 0 Å². The molecule has 4 nitrogen and oxygen atoms in total. The fourth-order valence-electron chi connectivity index (χ4n) is 3.22. The van der Waals surface area contributed by atoms with Gasteiger partial charge >= 0.3 is 0 Å². The highest BCUT2D eigenvalue weighted by Crippen LogP contribution is 2.23. The number of likely N-dealkylation sites (tertiary alicyclic amines) is 1. The van der Waals surface area contributed by atoms with Crippen LogP contribution in [0.1, 0.15) is 42.7 Å². The van der Waals surface area contributed by atoms with Gasteiger partial charge in [0.2, 0.25) is 0 Å². The summed E-state index contributed by atoms with van der Waals surface area (Å²) in [5, 5.41) is 0. The molecule has 0 saturated carbocycles. The van der Waals surface area contributed by atoms with E-state index < -0.39 is 0 Å². The first-order chi connectivity index (χ1) is 9.67. The zero-order valence-corrected chi connectivity index (χ0v) is 12.1. The number of hydrogen-bond donors (Lipinski definition) is 0. The molecule has 0 N–H and O–H groups in total. The highest BCUT2D eigenvalue weighted by atomic mass is 16.1. The summed E-state index contributed by atoms with van der Waals surface area (Å²) in [6, 6.07) is 4.86. The Morgan fingerprint density at radius 2 is 2.35 bits per heavy atom. The minimum absolute atomic E-state index is 0.598. The number of imidazole rings is 1.